The van der Waals surface area contributed by atoms with Crippen LogP contribution >= 0.6 is 11.3 Å². The second-order valence-electron chi connectivity index (χ2n) is 7.81. The fourth-order valence-electron chi connectivity index (χ4n) is 4.20. The minimum absolute atomic E-state index is 0.0465. The van der Waals surface area contributed by atoms with Crippen LogP contribution in [0.15, 0.2) is 28.3 Å². The second-order valence-corrected chi connectivity index (χ2v) is 8.64. The quantitative estimate of drug-likeness (QED) is 0.727. The lowest BCUT2D eigenvalue weighted by Gasteiger charge is -2.35. The molecule has 2 aromatic heterocycles. The van der Waals surface area contributed by atoms with E-state index in [2.05, 4.69) is 25.7 Å². The number of piperidine rings is 2. The van der Waals surface area contributed by atoms with Crippen molar-refractivity contribution in [1.82, 2.24) is 25.3 Å². The molecule has 9 nitrogen and oxygen atoms in total. The molecule has 2 aliphatic rings. The largest absolute Gasteiger partial charge is 0.468 e. The van der Waals surface area contributed by atoms with Crippen molar-refractivity contribution in [3.8, 4) is 0 Å². The van der Waals surface area contributed by atoms with E-state index in [0.29, 0.717) is 37.6 Å². The summed E-state index contributed by atoms with van der Waals surface area (Å²) in [5, 5.41) is 14.0. The van der Waals surface area contributed by atoms with Gasteiger partial charge in [0.05, 0.1) is 12.3 Å². The van der Waals surface area contributed by atoms with Crippen molar-refractivity contribution in [3.05, 3.63) is 29.7 Å². The summed E-state index contributed by atoms with van der Waals surface area (Å²) < 4.78 is 5.65. The van der Waals surface area contributed by atoms with Crippen molar-refractivity contribution in [2.45, 2.75) is 38.1 Å². The number of furan rings is 1. The topological polar surface area (TPSA) is 104 Å². The van der Waals surface area contributed by atoms with Gasteiger partial charge in [0.2, 0.25) is 11.0 Å². The van der Waals surface area contributed by atoms with Crippen LogP contribution in [0.5, 0.6) is 0 Å². The highest BCUT2D eigenvalue weighted by molar-refractivity contribution is 7.13. The first-order chi connectivity index (χ1) is 14.7. The Morgan fingerprint density at radius 2 is 2.00 bits per heavy atom. The van der Waals surface area contributed by atoms with Gasteiger partial charge in [0.25, 0.3) is 0 Å². The van der Waals surface area contributed by atoms with Crippen LogP contribution < -0.4 is 10.6 Å². The zero-order valence-electron chi connectivity index (χ0n) is 17.0. The molecule has 2 N–H and O–H groups in total. The molecule has 0 radical (unpaired) electrons. The van der Waals surface area contributed by atoms with E-state index < -0.39 is 0 Å². The molecule has 0 bridgehead atoms. The zero-order chi connectivity index (χ0) is 20.8. The lowest BCUT2D eigenvalue weighted by atomic mass is 9.96. The smallest absolute Gasteiger partial charge is 0.317 e. The van der Waals surface area contributed by atoms with Crippen molar-refractivity contribution in [1.29, 1.82) is 0 Å². The normalized spacial score (nSPS) is 19.4. The molecule has 0 aromatic carbocycles. The van der Waals surface area contributed by atoms with Crippen molar-refractivity contribution in [2.24, 2.45) is 5.92 Å². The summed E-state index contributed by atoms with van der Waals surface area (Å²) >= 11 is 1.30. The molecule has 0 spiro atoms. The Hall–Kier alpha value is -2.46. The molecule has 1 unspecified atom stereocenters. The van der Waals surface area contributed by atoms with Crippen molar-refractivity contribution in [3.63, 3.8) is 0 Å². The van der Waals surface area contributed by atoms with E-state index in [-0.39, 0.29) is 23.9 Å². The van der Waals surface area contributed by atoms with Gasteiger partial charge in [0.1, 0.15) is 11.3 Å². The van der Waals surface area contributed by atoms with E-state index in [1.807, 2.05) is 12.1 Å². The fraction of sp³-hybridized carbons (Fsp3) is 0.600. The number of carbonyl (C=O) groups is 2. The molecular weight excluding hydrogens is 404 g/mol. The van der Waals surface area contributed by atoms with Crippen molar-refractivity contribution < 1.29 is 14.0 Å². The van der Waals surface area contributed by atoms with E-state index in [1.54, 1.807) is 16.7 Å². The number of carbonyl (C=O) groups excluding carboxylic acids is 2. The predicted molar refractivity (Wildman–Crippen MR) is 113 cm³/mol. The summed E-state index contributed by atoms with van der Waals surface area (Å²) in [7, 11) is 0. The molecule has 30 heavy (non-hydrogen) atoms. The number of anilines is 1. The predicted octanol–water partition coefficient (Wildman–Crippen LogP) is 2.72. The van der Waals surface area contributed by atoms with Gasteiger partial charge in [-0.25, -0.2) is 4.79 Å². The summed E-state index contributed by atoms with van der Waals surface area (Å²) in [5.74, 6) is 0.737. The first-order valence-electron chi connectivity index (χ1n) is 10.6. The molecular formula is C20H28N6O3S. The number of aromatic nitrogens is 2. The summed E-state index contributed by atoms with van der Waals surface area (Å²) in [6.07, 6.45) is 6.59. The summed E-state index contributed by atoms with van der Waals surface area (Å²) in [6.45, 7) is 3.70. The second kappa shape index (κ2) is 10.0. The fourth-order valence-corrected chi connectivity index (χ4v) is 4.64. The van der Waals surface area contributed by atoms with Gasteiger partial charge in [-0.2, -0.15) is 0 Å². The van der Waals surface area contributed by atoms with Crippen LogP contribution in [0.25, 0.3) is 0 Å². The Labute approximate surface area is 179 Å². The maximum atomic E-state index is 12.7. The Balaban J connectivity index is 1.26. The maximum Gasteiger partial charge on any atom is 0.317 e. The molecule has 4 heterocycles. The minimum Gasteiger partial charge on any atom is -0.468 e. The highest BCUT2D eigenvalue weighted by Gasteiger charge is 2.29. The maximum absolute atomic E-state index is 12.7. The molecule has 0 saturated carbocycles. The van der Waals surface area contributed by atoms with Crippen molar-refractivity contribution in [2.75, 3.05) is 38.0 Å². The van der Waals surface area contributed by atoms with Gasteiger partial charge in [0, 0.05) is 25.6 Å². The van der Waals surface area contributed by atoms with Gasteiger partial charge >= 0.3 is 6.03 Å². The molecule has 10 heteroatoms. The first-order valence-corrected chi connectivity index (χ1v) is 11.5. The minimum atomic E-state index is -0.109. The average molecular weight is 433 g/mol. The lowest BCUT2D eigenvalue weighted by molar-refractivity contribution is -0.121. The van der Waals surface area contributed by atoms with Crippen LogP contribution in [0.4, 0.5) is 9.93 Å². The number of hydrogen-bond acceptors (Lipinski definition) is 7. The summed E-state index contributed by atoms with van der Waals surface area (Å²) in [4.78, 5) is 29.3. The van der Waals surface area contributed by atoms with Gasteiger partial charge < -0.3 is 20.0 Å². The third-order valence-electron chi connectivity index (χ3n) is 5.89. The highest BCUT2D eigenvalue weighted by atomic mass is 32.1. The number of rotatable bonds is 6. The van der Waals surface area contributed by atoms with Gasteiger partial charge in [-0.3, -0.25) is 9.69 Å². The van der Waals surface area contributed by atoms with Gasteiger partial charge in [-0.15, -0.1) is 10.2 Å². The molecule has 2 saturated heterocycles. The van der Waals surface area contributed by atoms with Gasteiger partial charge in [0.15, 0.2) is 0 Å². The number of urea groups is 1. The van der Waals surface area contributed by atoms with Crippen LogP contribution in [-0.4, -0.2) is 64.7 Å². The number of nitrogens with zero attached hydrogens (tertiary/aromatic N) is 4. The van der Waals surface area contributed by atoms with E-state index >= 15 is 0 Å². The first kappa shape index (κ1) is 20.8. The molecule has 0 aliphatic carbocycles. The standard InChI is InChI=1S/C20H28N6O3S/c27-18(23-19-24-22-14-30-19)15-6-10-26(11-7-15)20(28)21-13-16(17-5-4-12-29-17)25-8-2-1-3-9-25/h4-5,12,14-16H,1-3,6-11,13H2,(H,21,28)(H,23,24,27). The van der Waals surface area contributed by atoms with Crippen LogP contribution in [0.2, 0.25) is 0 Å². The van der Waals surface area contributed by atoms with E-state index in [9.17, 15) is 9.59 Å². The number of amides is 3. The lowest BCUT2D eigenvalue weighted by Crippen LogP contribution is -2.48. The molecule has 3 amide bonds. The summed E-state index contributed by atoms with van der Waals surface area (Å²) in [5.41, 5.74) is 1.59. The zero-order valence-corrected chi connectivity index (χ0v) is 17.8. The molecule has 162 valence electrons. The SMILES string of the molecule is O=C(Nc1nncs1)C1CCN(C(=O)NCC(c2ccco2)N2CCCCC2)CC1. The Morgan fingerprint density at radius 1 is 1.20 bits per heavy atom. The van der Waals surface area contributed by atoms with Crippen LogP contribution in [0, 0.1) is 5.92 Å². The molecule has 2 fully saturated rings. The number of likely N-dealkylation sites (tertiary alicyclic amines) is 2. The van der Waals surface area contributed by atoms with Gasteiger partial charge in [-0.05, 0) is 50.9 Å². The third kappa shape index (κ3) is 5.17. The van der Waals surface area contributed by atoms with E-state index in [4.69, 9.17) is 4.42 Å². The molecule has 2 aromatic rings. The number of nitrogens with one attached hydrogen (secondary N) is 2. The van der Waals surface area contributed by atoms with Crippen molar-refractivity contribution >= 4 is 28.4 Å². The monoisotopic (exact) mass is 432 g/mol. The summed E-state index contributed by atoms with van der Waals surface area (Å²) in [6, 6.07) is 3.85. The van der Waals surface area contributed by atoms with E-state index in [1.165, 1.54) is 30.6 Å². The number of hydrogen-bond donors (Lipinski definition) is 2. The van der Waals surface area contributed by atoms with Crippen LogP contribution in [-0.2, 0) is 4.79 Å². The van der Waals surface area contributed by atoms with Gasteiger partial charge in [-0.1, -0.05) is 17.8 Å². The van der Waals surface area contributed by atoms with Crippen LogP contribution in [0.3, 0.4) is 0 Å². The Bertz CT molecular complexity index is 799. The average Bonchev–Trinajstić information content (AvgIpc) is 3.49. The molecule has 4 rings (SSSR count). The van der Waals surface area contributed by atoms with Crippen LogP contribution in [0.1, 0.15) is 43.9 Å². The molecule has 2 aliphatic heterocycles. The van der Waals surface area contributed by atoms with E-state index in [0.717, 1.165) is 18.8 Å². The Morgan fingerprint density at radius 3 is 2.67 bits per heavy atom. The molecule has 1 atom stereocenters. The Kier molecular flexibility index (Phi) is 6.96. The highest BCUT2D eigenvalue weighted by Crippen LogP contribution is 2.25. The third-order valence-corrected chi connectivity index (χ3v) is 6.50.